The molecule has 3 aliphatic rings. The molecule has 12 atom stereocenters. The molecule has 12 amide bonds. The van der Waals surface area contributed by atoms with Crippen LogP contribution in [0.5, 0.6) is 0 Å². The maximum Gasteiger partial charge on any atom is 0.326 e. The van der Waals surface area contributed by atoms with Gasteiger partial charge in [0.1, 0.15) is 66.5 Å². The molecule has 3 rings (SSSR count). The third-order valence-corrected chi connectivity index (χ3v) is 16.1. The molecule has 0 saturated carbocycles. The van der Waals surface area contributed by atoms with Gasteiger partial charge in [0.25, 0.3) is 0 Å². The van der Waals surface area contributed by atoms with Crippen LogP contribution in [0.25, 0.3) is 0 Å². The van der Waals surface area contributed by atoms with E-state index in [0.29, 0.717) is 58.0 Å². The number of hydrogen-bond donors (Lipinski definition) is 15. The van der Waals surface area contributed by atoms with E-state index in [-0.39, 0.29) is 82.8 Å². The van der Waals surface area contributed by atoms with Crippen LogP contribution in [0.2, 0.25) is 0 Å². The summed E-state index contributed by atoms with van der Waals surface area (Å²) in [7, 11) is 0. The largest absolute Gasteiger partial charge is 0.481 e. The summed E-state index contributed by atoms with van der Waals surface area (Å²) in [4.78, 5) is 191. The number of nitrogens with one attached hydrogen (secondary N) is 10. The van der Waals surface area contributed by atoms with E-state index in [1.807, 2.05) is 0 Å². The summed E-state index contributed by atoms with van der Waals surface area (Å²) in [5, 5.41) is 46.0. The molecule has 0 aromatic rings. The van der Waals surface area contributed by atoms with Gasteiger partial charge >= 0.3 is 11.9 Å². The Morgan fingerprint density at radius 1 is 0.467 bits per heavy atom. The lowest BCUT2D eigenvalue weighted by atomic mass is 9.98. The fraction of sp³-hybridized carbons (Fsp3) is 0.763. The summed E-state index contributed by atoms with van der Waals surface area (Å²) in [6.07, 6.45) is 2.64. The minimum Gasteiger partial charge on any atom is -0.481 e. The third kappa shape index (κ3) is 24.7. The number of carboxylic acids is 2. The molecule has 0 spiro atoms. The van der Waals surface area contributed by atoms with Gasteiger partial charge in [0, 0.05) is 25.9 Å². The second kappa shape index (κ2) is 38.2. The highest BCUT2D eigenvalue weighted by Crippen LogP contribution is 2.24. The predicted octanol–water partition coefficient (Wildman–Crippen LogP) is -3.05. The first-order valence-electron chi connectivity index (χ1n) is 31.6. The zero-order valence-electron chi connectivity index (χ0n) is 53.5. The van der Waals surface area contributed by atoms with Crippen molar-refractivity contribution >= 4 is 82.8 Å². The van der Waals surface area contributed by atoms with Gasteiger partial charge in [-0.1, -0.05) is 41.5 Å². The van der Waals surface area contributed by atoms with Crippen LogP contribution in [-0.4, -0.2) is 208 Å². The minimum absolute atomic E-state index is 0.0163. The normalized spacial score (nSPS) is 19.4. The van der Waals surface area contributed by atoms with E-state index in [1.165, 1.54) is 23.6 Å². The van der Waals surface area contributed by atoms with Gasteiger partial charge in [0.2, 0.25) is 70.9 Å². The Balaban J connectivity index is 1.77. The first-order valence-corrected chi connectivity index (χ1v) is 31.6. The lowest BCUT2D eigenvalue weighted by molar-refractivity contribution is -0.145. The Labute approximate surface area is 526 Å². The number of amides is 12. The maximum absolute atomic E-state index is 14.6. The van der Waals surface area contributed by atoms with E-state index >= 15 is 0 Å². The number of nitrogens with two attached hydrogens (primary N) is 3. The second-order valence-electron chi connectivity index (χ2n) is 24.7. The Morgan fingerprint density at radius 2 is 0.944 bits per heavy atom. The summed E-state index contributed by atoms with van der Waals surface area (Å²) >= 11 is 0. The van der Waals surface area contributed by atoms with E-state index in [0.717, 1.165) is 6.42 Å². The summed E-state index contributed by atoms with van der Waals surface area (Å²) in [5.74, 6) is -12.7. The quantitative estimate of drug-likeness (QED) is 0.0272. The number of aliphatic carboxylic acids is 2. The Bertz CT molecular complexity index is 2510. The van der Waals surface area contributed by atoms with Crippen LogP contribution >= 0.6 is 0 Å². The number of carbonyl (C=O) groups is 14. The van der Waals surface area contributed by atoms with Crippen molar-refractivity contribution in [2.75, 3.05) is 32.7 Å². The SMILES string of the molecule is CC(C)C[C@H](NC(=O)[C@@H]1CCCN1C(=O)[C@@H](NC(=O)[C@@H]1CCCN1C(=O)[C@H](CCC(=O)O)NC(=O)[C@H](C)NC(=O)[C@H](C)NC(=O)[C@@H]1CCCN1)C(C)C)C(=O)N[C@H](C(=O)N[C@@H](CCCCN)C(=O)N[C@@H](CCC(N)=O)C(=O)N[C@@H](CCCCN)C(=O)O)C(C)C. The highest BCUT2D eigenvalue weighted by atomic mass is 16.4. The van der Waals surface area contributed by atoms with Crippen LogP contribution in [0, 0.1) is 17.8 Å². The summed E-state index contributed by atoms with van der Waals surface area (Å²) in [6, 6.07) is -14.3. The first kappa shape index (κ1) is 76.7. The van der Waals surface area contributed by atoms with Crippen molar-refractivity contribution in [3.8, 4) is 0 Å². The van der Waals surface area contributed by atoms with Crippen LogP contribution in [0.15, 0.2) is 0 Å². The van der Waals surface area contributed by atoms with Gasteiger partial charge < -0.3 is 90.4 Å². The van der Waals surface area contributed by atoms with Gasteiger partial charge in [-0.05, 0) is 148 Å². The van der Waals surface area contributed by atoms with Crippen molar-refractivity contribution in [1.82, 2.24) is 63.0 Å². The maximum atomic E-state index is 14.6. The molecule has 3 fully saturated rings. The molecule has 31 nitrogen and oxygen atoms in total. The molecule has 3 heterocycles. The molecule has 90 heavy (non-hydrogen) atoms. The molecule has 3 saturated heterocycles. The lowest BCUT2D eigenvalue weighted by Crippen LogP contribution is -2.61. The molecule has 31 heteroatoms. The summed E-state index contributed by atoms with van der Waals surface area (Å²) in [6.45, 7) is 14.4. The molecule has 0 unspecified atom stereocenters. The number of rotatable bonds is 39. The Hall–Kier alpha value is -7.54. The van der Waals surface area contributed by atoms with E-state index in [2.05, 4.69) is 53.2 Å². The smallest absolute Gasteiger partial charge is 0.326 e. The number of likely N-dealkylation sites (tertiary alicyclic amines) is 2. The Kier molecular flexibility index (Phi) is 32.6. The van der Waals surface area contributed by atoms with Crippen LogP contribution < -0.4 is 70.4 Å². The van der Waals surface area contributed by atoms with Crippen molar-refractivity contribution < 1.29 is 77.3 Å². The zero-order chi connectivity index (χ0) is 67.5. The predicted molar refractivity (Wildman–Crippen MR) is 327 cm³/mol. The van der Waals surface area contributed by atoms with Crippen molar-refractivity contribution in [2.24, 2.45) is 35.0 Å². The van der Waals surface area contributed by atoms with Crippen molar-refractivity contribution in [2.45, 2.75) is 237 Å². The number of carbonyl (C=O) groups excluding carboxylic acids is 12. The molecule has 0 radical (unpaired) electrons. The fourth-order valence-corrected chi connectivity index (χ4v) is 10.9. The molecule has 18 N–H and O–H groups in total. The lowest BCUT2D eigenvalue weighted by Gasteiger charge is -2.33. The highest BCUT2D eigenvalue weighted by Gasteiger charge is 2.44. The molecular formula is C59H101N15O16. The molecule has 0 bridgehead atoms. The van der Waals surface area contributed by atoms with Gasteiger partial charge in [-0.3, -0.25) is 62.3 Å². The summed E-state index contributed by atoms with van der Waals surface area (Å²) in [5.41, 5.74) is 16.7. The highest BCUT2D eigenvalue weighted by molar-refractivity contribution is 6.00. The Morgan fingerprint density at radius 3 is 1.46 bits per heavy atom. The average Bonchev–Trinajstić information content (AvgIpc) is 2.00. The second-order valence-corrected chi connectivity index (χ2v) is 24.7. The van der Waals surface area contributed by atoms with Gasteiger partial charge in [-0.15, -0.1) is 0 Å². The molecule has 0 aromatic carbocycles. The monoisotopic (exact) mass is 1280 g/mol. The van der Waals surface area contributed by atoms with Gasteiger partial charge in [-0.2, -0.15) is 0 Å². The van der Waals surface area contributed by atoms with Crippen LogP contribution in [0.3, 0.4) is 0 Å². The van der Waals surface area contributed by atoms with Gasteiger partial charge in [0.05, 0.1) is 6.04 Å². The number of nitrogens with zero attached hydrogens (tertiary/aromatic N) is 2. The van der Waals surface area contributed by atoms with Crippen molar-refractivity contribution in [1.29, 1.82) is 0 Å². The van der Waals surface area contributed by atoms with Crippen LogP contribution in [0.4, 0.5) is 0 Å². The standard InChI is InChI=1S/C59H101N15O16/c1-31(2)30-41(53(83)71-46(32(3)4)56(86)67-37(16-9-11-25-60)51(81)66-38(21-23-44(62)75)52(82)69-40(59(89)90)17-10-12-26-61)70-54(84)42-19-15-29-74(42)58(88)47(33(5)6)72-55(85)43-20-14-28-73(43)57(87)39(22-24-45(76)77)68-49(79)35(8)64-48(78)34(7)65-50(80)36-18-13-27-63-36/h31-43,46-47,63H,9-30,60-61H2,1-8H3,(H2,62,75)(H,64,78)(H,65,80)(H,66,81)(H,67,86)(H,68,79)(H,69,82)(H,70,84)(H,71,83)(H,72,85)(H,76,77)(H,89,90)/t34-,35-,36-,37-,38-,39-,40-,41-,42-,43-,46-,47-/m0/s1. The van der Waals surface area contributed by atoms with Crippen molar-refractivity contribution in [3.63, 3.8) is 0 Å². The van der Waals surface area contributed by atoms with E-state index < -0.39 is 168 Å². The number of primary amides is 1. The van der Waals surface area contributed by atoms with Gasteiger partial charge in [0.15, 0.2) is 0 Å². The molecular weight excluding hydrogens is 1170 g/mol. The number of carboxylic acid groups (broad SMARTS) is 2. The minimum atomic E-state index is -1.45. The fourth-order valence-electron chi connectivity index (χ4n) is 10.9. The zero-order valence-corrected chi connectivity index (χ0v) is 53.5. The third-order valence-electron chi connectivity index (χ3n) is 16.1. The van der Waals surface area contributed by atoms with Gasteiger partial charge in [-0.25, -0.2) is 4.79 Å². The number of unbranched alkanes of at least 4 members (excludes halogenated alkanes) is 2. The van der Waals surface area contributed by atoms with Crippen LogP contribution in [-0.2, 0) is 67.1 Å². The molecule has 3 aliphatic heterocycles. The van der Waals surface area contributed by atoms with E-state index in [1.54, 1.807) is 41.5 Å². The van der Waals surface area contributed by atoms with Crippen LogP contribution in [0.1, 0.15) is 165 Å². The molecule has 508 valence electrons. The average molecular weight is 1280 g/mol. The first-order chi connectivity index (χ1) is 42.4. The van der Waals surface area contributed by atoms with E-state index in [9.17, 15) is 77.3 Å². The van der Waals surface area contributed by atoms with E-state index in [4.69, 9.17) is 17.2 Å². The molecule has 0 aromatic heterocycles. The molecule has 0 aliphatic carbocycles. The topological polar surface area (TPSA) is 484 Å². The van der Waals surface area contributed by atoms with Crippen molar-refractivity contribution in [3.05, 3.63) is 0 Å². The summed E-state index contributed by atoms with van der Waals surface area (Å²) < 4.78 is 0. The number of hydrogen-bond acceptors (Lipinski definition) is 17.